The molecule has 2 heterocycles. The Labute approximate surface area is 128 Å². The number of nitrogens with zero attached hydrogens (tertiary/aromatic N) is 1. The van der Waals surface area contributed by atoms with Crippen molar-refractivity contribution in [2.24, 2.45) is 0 Å². The molecule has 6 nitrogen and oxygen atoms in total. The Morgan fingerprint density at radius 2 is 2.00 bits per heavy atom. The van der Waals surface area contributed by atoms with Crippen LogP contribution in [0.5, 0.6) is 0 Å². The fourth-order valence-electron chi connectivity index (χ4n) is 2.93. The van der Waals surface area contributed by atoms with Crippen molar-refractivity contribution in [3.8, 4) is 0 Å². The van der Waals surface area contributed by atoms with Crippen LogP contribution in [0.15, 0.2) is 23.0 Å². The number of nitrogens with one attached hydrogen (secondary N) is 3. The summed E-state index contributed by atoms with van der Waals surface area (Å²) in [6.07, 6.45) is 3.30. The second kappa shape index (κ2) is 6.79. The lowest BCUT2D eigenvalue weighted by Gasteiger charge is -2.19. The first-order valence-electron chi connectivity index (χ1n) is 7.92. The molecule has 1 aliphatic rings. The summed E-state index contributed by atoms with van der Waals surface area (Å²) in [5, 5.41) is 3.31. The lowest BCUT2D eigenvalue weighted by Crippen LogP contribution is -2.34. The van der Waals surface area contributed by atoms with Gasteiger partial charge in [0.2, 0.25) is 5.91 Å². The SMILES string of the molecule is O=C(CCCc1ccc2[nH]c(=O)[nH]c2c1)N1CCCNCC1. The standard InChI is InChI=1S/C16H22N4O2/c21-15(20-9-2-7-17-8-10-20)4-1-3-12-5-6-13-14(11-12)19-16(22)18-13/h5-6,11,17H,1-4,7-10H2,(H2,18,19,22). The molecule has 3 rings (SSSR count). The van der Waals surface area contributed by atoms with E-state index in [4.69, 9.17) is 0 Å². The molecule has 1 aromatic carbocycles. The number of carbonyl (C=O) groups excluding carboxylic acids is 1. The molecule has 0 aliphatic carbocycles. The predicted octanol–water partition coefficient (Wildman–Crippen LogP) is 1.00. The van der Waals surface area contributed by atoms with Gasteiger partial charge in [-0.3, -0.25) is 4.79 Å². The van der Waals surface area contributed by atoms with Crippen molar-refractivity contribution in [1.29, 1.82) is 0 Å². The highest BCUT2D eigenvalue weighted by Crippen LogP contribution is 2.13. The molecule has 1 aliphatic heterocycles. The predicted molar refractivity (Wildman–Crippen MR) is 85.9 cm³/mol. The number of hydrogen-bond donors (Lipinski definition) is 3. The smallest absolute Gasteiger partial charge is 0.323 e. The molecule has 1 fully saturated rings. The van der Waals surface area contributed by atoms with E-state index in [-0.39, 0.29) is 11.6 Å². The van der Waals surface area contributed by atoms with E-state index in [1.165, 1.54) is 0 Å². The number of amides is 1. The van der Waals surface area contributed by atoms with Crippen LogP contribution in [0.25, 0.3) is 11.0 Å². The van der Waals surface area contributed by atoms with Crippen molar-refractivity contribution in [2.75, 3.05) is 26.2 Å². The number of rotatable bonds is 4. The van der Waals surface area contributed by atoms with E-state index in [0.717, 1.165) is 62.0 Å². The fraction of sp³-hybridized carbons (Fsp3) is 0.500. The molecule has 6 heteroatoms. The Balaban J connectivity index is 1.52. The van der Waals surface area contributed by atoms with Gasteiger partial charge in [0.05, 0.1) is 11.0 Å². The molecule has 118 valence electrons. The molecule has 22 heavy (non-hydrogen) atoms. The second-order valence-corrected chi connectivity index (χ2v) is 5.80. The van der Waals surface area contributed by atoms with E-state index in [2.05, 4.69) is 15.3 Å². The van der Waals surface area contributed by atoms with Gasteiger partial charge in [-0.1, -0.05) is 6.07 Å². The number of imidazole rings is 1. The Kier molecular flexibility index (Phi) is 4.58. The molecule has 0 unspecified atom stereocenters. The number of benzene rings is 1. The number of hydrogen-bond acceptors (Lipinski definition) is 3. The van der Waals surface area contributed by atoms with Gasteiger partial charge in [-0.15, -0.1) is 0 Å². The van der Waals surface area contributed by atoms with Gasteiger partial charge >= 0.3 is 5.69 Å². The fourth-order valence-corrected chi connectivity index (χ4v) is 2.93. The minimum atomic E-state index is -0.183. The van der Waals surface area contributed by atoms with Crippen LogP contribution in [-0.4, -0.2) is 47.0 Å². The molecule has 0 bridgehead atoms. The lowest BCUT2D eigenvalue weighted by atomic mass is 10.1. The zero-order chi connectivity index (χ0) is 15.4. The van der Waals surface area contributed by atoms with Crippen LogP contribution in [-0.2, 0) is 11.2 Å². The molecule has 1 saturated heterocycles. The van der Waals surface area contributed by atoms with E-state index in [9.17, 15) is 9.59 Å². The van der Waals surface area contributed by atoms with Crippen LogP contribution in [0.3, 0.4) is 0 Å². The summed E-state index contributed by atoms with van der Waals surface area (Å²) in [6.45, 7) is 3.57. The Hall–Kier alpha value is -2.08. The highest BCUT2D eigenvalue weighted by Gasteiger charge is 2.14. The van der Waals surface area contributed by atoms with Crippen LogP contribution >= 0.6 is 0 Å². The molecule has 1 aromatic heterocycles. The third-order valence-electron chi connectivity index (χ3n) is 4.13. The van der Waals surface area contributed by atoms with Crippen LogP contribution in [0.1, 0.15) is 24.8 Å². The summed E-state index contributed by atoms with van der Waals surface area (Å²) in [5.41, 5.74) is 2.61. The van der Waals surface area contributed by atoms with E-state index in [1.807, 2.05) is 23.1 Å². The third kappa shape index (κ3) is 3.57. The topological polar surface area (TPSA) is 81.0 Å². The van der Waals surface area contributed by atoms with Crippen LogP contribution in [0.2, 0.25) is 0 Å². The van der Waals surface area contributed by atoms with E-state index < -0.39 is 0 Å². The number of carbonyl (C=O) groups is 1. The first kappa shape index (κ1) is 14.8. The second-order valence-electron chi connectivity index (χ2n) is 5.80. The summed E-state index contributed by atoms with van der Waals surface area (Å²) in [7, 11) is 0. The largest absolute Gasteiger partial charge is 0.341 e. The van der Waals surface area contributed by atoms with Gasteiger partial charge in [0.25, 0.3) is 0 Å². The van der Waals surface area contributed by atoms with E-state index in [1.54, 1.807) is 0 Å². The van der Waals surface area contributed by atoms with Crippen LogP contribution < -0.4 is 11.0 Å². The quantitative estimate of drug-likeness (QED) is 0.788. The molecule has 0 saturated carbocycles. The minimum absolute atomic E-state index is 0.183. The summed E-state index contributed by atoms with van der Waals surface area (Å²) >= 11 is 0. The summed E-state index contributed by atoms with van der Waals surface area (Å²) in [4.78, 5) is 30.9. The summed E-state index contributed by atoms with van der Waals surface area (Å²) in [5.74, 6) is 0.250. The maximum Gasteiger partial charge on any atom is 0.323 e. The lowest BCUT2D eigenvalue weighted by molar-refractivity contribution is -0.131. The number of aromatic amines is 2. The molecule has 0 radical (unpaired) electrons. The van der Waals surface area contributed by atoms with Crippen molar-refractivity contribution in [1.82, 2.24) is 20.2 Å². The molecule has 1 amide bonds. The molecule has 2 aromatic rings. The van der Waals surface area contributed by atoms with Gasteiger partial charge in [0.1, 0.15) is 0 Å². The van der Waals surface area contributed by atoms with Crippen molar-refractivity contribution in [3.63, 3.8) is 0 Å². The first-order chi connectivity index (χ1) is 10.7. The minimum Gasteiger partial charge on any atom is -0.341 e. The zero-order valence-electron chi connectivity index (χ0n) is 12.7. The number of aromatic nitrogens is 2. The van der Waals surface area contributed by atoms with Gasteiger partial charge in [-0.2, -0.15) is 0 Å². The molecule has 0 atom stereocenters. The number of fused-ring (bicyclic) bond motifs is 1. The molecule has 3 N–H and O–H groups in total. The number of H-pyrrole nitrogens is 2. The van der Waals surface area contributed by atoms with E-state index in [0.29, 0.717) is 6.42 Å². The van der Waals surface area contributed by atoms with E-state index >= 15 is 0 Å². The van der Waals surface area contributed by atoms with Crippen molar-refractivity contribution in [3.05, 3.63) is 34.2 Å². The van der Waals surface area contributed by atoms with Gasteiger partial charge < -0.3 is 20.2 Å². The van der Waals surface area contributed by atoms with Gasteiger partial charge in [-0.25, -0.2) is 4.79 Å². The van der Waals surface area contributed by atoms with Gasteiger partial charge in [-0.05, 0) is 43.5 Å². The van der Waals surface area contributed by atoms with Crippen LogP contribution in [0.4, 0.5) is 0 Å². The van der Waals surface area contributed by atoms with Gasteiger partial charge in [0, 0.05) is 26.1 Å². The molecule has 0 spiro atoms. The third-order valence-corrected chi connectivity index (χ3v) is 4.13. The highest BCUT2D eigenvalue weighted by atomic mass is 16.2. The summed E-state index contributed by atoms with van der Waals surface area (Å²) < 4.78 is 0. The Morgan fingerprint density at radius 1 is 1.14 bits per heavy atom. The maximum atomic E-state index is 12.2. The Morgan fingerprint density at radius 3 is 2.91 bits per heavy atom. The summed E-state index contributed by atoms with van der Waals surface area (Å²) in [6, 6.07) is 5.89. The normalized spacial score (nSPS) is 15.9. The highest BCUT2D eigenvalue weighted by molar-refractivity contribution is 5.76. The molecular formula is C16H22N4O2. The number of aryl methyl sites for hydroxylation is 1. The maximum absolute atomic E-state index is 12.2. The van der Waals surface area contributed by atoms with Gasteiger partial charge in [0.15, 0.2) is 0 Å². The van der Waals surface area contributed by atoms with Crippen molar-refractivity contribution >= 4 is 16.9 Å². The average molecular weight is 302 g/mol. The van der Waals surface area contributed by atoms with Crippen molar-refractivity contribution in [2.45, 2.75) is 25.7 Å². The average Bonchev–Trinajstić information content (AvgIpc) is 2.72. The Bertz CT molecular complexity index is 695. The molecular weight excluding hydrogens is 280 g/mol. The zero-order valence-corrected chi connectivity index (χ0v) is 12.7. The first-order valence-corrected chi connectivity index (χ1v) is 7.92. The van der Waals surface area contributed by atoms with Crippen molar-refractivity contribution < 1.29 is 4.79 Å². The van der Waals surface area contributed by atoms with Crippen LogP contribution in [0, 0.1) is 0 Å². The monoisotopic (exact) mass is 302 g/mol.